The van der Waals surface area contributed by atoms with Crippen molar-refractivity contribution in [1.29, 1.82) is 0 Å². The van der Waals surface area contributed by atoms with E-state index in [9.17, 15) is 0 Å². The molecule has 2 heterocycles. The summed E-state index contributed by atoms with van der Waals surface area (Å²) in [5.41, 5.74) is 1.10. The minimum Gasteiger partial charge on any atom is -0.377 e. The highest BCUT2D eigenvalue weighted by Crippen LogP contribution is 2.21. The number of anilines is 1. The van der Waals surface area contributed by atoms with Crippen LogP contribution in [0.5, 0.6) is 0 Å². The molecule has 5 heteroatoms. The van der Waals surface area contributed by atoms with Crippen LogP contribution in [0.25, 0.3) is 0 Å². The lowest BCUT2D eigenvalue weighted by Gasteiger charge is -2.32. The molecule has 106 valence electrons. The third kappa shape index (κ3) is 4.05. The summed E-state index contributed by atoms with van der Waals surface area (Å²) in [4.78, 5) is 11.0. The summed E-state index contributed by atoms with van der Waals surface area (Å²) in [6, 6.07) is 2.10. The summed E-state index contributed by atoms with van der Waals surface area (Å²) in [6.07, 6.45) is 4.10. The molecule has 1 aliphatic rings. The Bertz CT molecular complexity index is 392. The summed E-state index contributed by atoms with van der Waals surface area (Å²) in [5, 5.41) is 0. The Morgan fingerprint density at radius 3 is 2.74 bits per heavy atom. The Kier molecular flexibility index (Phi) is 5.40. The summed E-state index contributed by atoms with van der Waals surface area (Å²) in [7, 11) is 0. The first-order valence-electron chi connectivity index (χ1n) is 6.95. The van der Waals surface area contributed by atoms with Crippen molar-refractivity contribution < 1.29 is 4.74 Å². The minimum atomic E-state index is 0.349. The van der Waals surface area contributed by atoms with Gasteiger partial charge in [-0.3, -0.25) is 0 Å². The molecule has 0 spiro atoms. The third-order valence-electron chi connectivity index (χ3n) is 3.46. The number of piperidine rings is 1. The van der Waals surface area contributed by atoms with E-state index < -0.39 is 0 Å². The van der Waals surface area contributed by atoms with E-state index in [0.717, 1.165) is 37.4 Å². The predicted octanol–water partition coefficient (Wildman–Crippen LogP) is 2.82. The molecule has 0 saturated carbocycles. The fraction of sp³-hybridized carbons (Fsp3) is 0.714. The smallest absolute Gasteiger partial charge is 0.132 e. The number of alkyl halides is 1. The van der Waals surface area contributed by atoms with Crippen molar-refractivity contribution >= 4 is 17.4 Å². The Hall–Kier alpha value is -0.870. The molecule has 19 heavy (non-hydrogen) atoms. The Morgan fingerprint density at radius 2 is 2.11 bits per heavy atom. The fourth-order valence-corrected chi connectivity index (χ4v) is 2.40. The van der Waals surface area contributed by atoms with Crippen molar-refractivity contribution in [2.24, 2.45) is 0 Å². The molecule has 0 bridgehead atoms. The average Bonchev–Trinajstić information content (AvgIpc) is 2.46. The molecular weight excluding hydrogens is 262 g/mol. The van der Waals surface area contributed by atoms with E-state index in [1.54, 1.807) is 6.33 Å². The van der Waals surface area contributed by atoms with Gasteiger partial charge in [-0.15, -0.1) is 11.6 Å². The number of ether oxygens (including phenoxy) is 1. The van der Waals surface area contributed by atoms with Crippen molar-refractivity contribution in [3.63, 3.8) is 0 Å². The Labute approximate surface area is 120 Å². The van der Waals surface area contributed by atoms with E-state index in [-0.39, 0.29) is 0 Å². The van der Waals surface area contributed by atoms with Gasteiger partial charge in [-0.1, -0.05) is 13.8 Å². The van der Waals surface area contributed by atoms with E-state index in [1.807, 2.05) is 0 Å². The summed E-state index contributed by atoms with van der Waals surface area (Å²) >= 11 is 5.64. The van der Waals surface area contributed by atoms with E-state index in [4.69, 9.17) is 16.3 Å². The first-order chi connectivity index (χ1) is 9.20. The lowest BCUT2D eigenvalue weighted by molar-refractivity contribution is 0.0471. The summed E-state index contributed by atoms with van der Waals surface area (Å²) in [5.74, 6) is 2.05. The van der Waals surface area contributed by atoms with Gasteiger partial charge in [0.25, 0.3) is 0 Å². The number of hydrogen-bond acceptors (Lipinski definition) is 4. The average molecular weight is 284 g/mol. The highest BCUT2D eigenvalue weighted by atomic mass is 35.5. The van der Waals surface area contributed by atoms with Crippen LogP contribution >= 0.6 is 11.6 Å². The van der Waals surface area contributed by atoms with Gasteiger partial charge in [-0.2, -0.15) is 0 Å². The van der Waals surface area contributed by atoms with Crippen LogP contribution in [0, 0.1) is 0 Å². The van der Waals surface area contributed by atoms with Crippen LogP contribution in [0.1, 0.15) is 38.3 Å². The molecule has 1 aliphatic heterocycles. The van der Waals surface area contributed by atoms with Gasteiger partial charge >= 0.3 is 0 Å². The molecule has 1 aromatic rings. The molecule has 0 radical (unpaired) electrons. The molecule has 0 aliphatic carbocycles. The zero-order valence-corrected chi connectivity index (χ0v) is 12.4. The largest absolute Gasteiger partial charge is 0.377 e. The SMILES string of the molecule is CC(C)c1cc(N2CCC(OCCCl)CC2)ncn1. The van der Waals surface area contributed by atoms with Crippen LogP contribution in [0.2, 0.25) is 0 Å². The van der Waals surface area contributed by atoms with Gasteiger partial charge in [0, 0.05) is 30.7 Å². The monoisotopic (exact) mass is 283 g/mol. The van der Waals surface area contributed by atoms with Gasteiger partial charge in [0.1, 0.15) is 12.1 Å². The van der Waals surface area contributed by atoms with E-state index in [2.05, 4.69) is 34.8 Å². The zero-order valence-electron chi connectivity index (χ0n) is 11.7. The van der Waals surface area contributed by atoms with Gasteiger partial charge < -0.3 is 9.64 Å². The minimum absolute atomic E-state index is 0.349. The molecule has 1 fully saturated rings. The van der Waals surface area contributed by atoms with Crippen molar-refractivity contribution in [2.75, 3.05) is 30.5 Å². The van der Waals surface area contributed by atoms with Gasteiger partial charge in [0.2, 0.25) is 0 Å². The molecule has 2 rings (SSSR count). The first kappa shape index (κ1) is 14.5. The second-order valence-electron chi connectivity index (χ2n) is 5.20. The number of halogens is 1. The Morgan fingerprint density at radius 1 is 1.37 bits per heavy atom. The molecule has 4 nitrogen and oxygen atoms in total. The maximum Gasteiger partial charge on any atom is 0.132 e. The van der Waals surface area contributed by atoms with Crippen molar-refractivity contribution in [3.8, 4) is 0 Å². The highest BCUT2D eigenvalue weighted by Gasteiger charge is 2.20. The number of hydrogen-bond donors (Lipinski definition) is 0. The molecule has 0 amide bonds. The highest BCUT2D eigenvalue weighted by molar-refractivity contribution is 6.17. The van der Waals surface area contributed by atoms with Crippen LogP contribution in [-0.2, 0) is 4.74 Å². The molecule has 0 atom stereocenters. The van der Waals surface area contributed by atoms with Gasteiger partial charge in [-0.25, -0.2) is 9.97 Å². The normalized spacial score (nSPS) is 17.2. The van der Waals surface area contributed by atoms with Crippen molar-refractivity contribution in [3.05, 3.63) is 18.1 Å². The topological polar surface area (TPSA) is 38.2 Å². The maximum atomic E-state index is 5.69. The third-order valence-corrected chi connectivity index (χ3v) is 3.62. The van der Waals surface area contributed by atoms with Crippen LogP contribution in [0.3, 0.4) is 0 Å². The predicted molar refractivity (Wildman–Crippen MR) is 78.0 cm³/mol. The molecule has 1 saturated heterocycles. The number of rotatable bonds is 5. The fourth-order valence-electron chi connectivity index (χ4n) is 2.31. The van der Waals surface area contributed by atoms with Gasteiger partial charge in [-0.05, 0) is 18.8 Å². The molecular formula is C14H22ClN3O. The van der Waals surface area contributed by atoms with Crippen LogP contribution in [0.15, 0.2) is 12.4 Å². The molecule has 0 N–H and O–H groups in total. The second kappa shape index (κ2) is 7.06. The zero-order chi connectivity index (χ0) is 13.7. The quantitative estimate of drug-likeness (QED) is 0.779. The van der Waals surface area contributed by atoms with E-state index >= 15 is 0 Å². The summed E-state index contributed by atoms with van der Waals surface area (Å²) in [6.45, 7) is 6.93. The molecule has 0 unspecified atom stereocenters. The molecule has 1 aromatic heterocycles. The van der Waals surface area contributed by atoms with Gasteiger partial charge in [0.15, 0.2) is 0 Å². The summed E-state index contributed by atoms with van der Waals surface area (Å²) < 4.78 is 5.69. The van der Waals surface area contributed by atoms with E-state index in [0.29, 0.717) is 24.5 Å². The lowest BCUT2D eigenvalue weighted by atomic mass is 10.1. The van der Waals surface area contributed by atoms with Crippen LogP contribution in [-0.4, -0.2) is 41.6 Å². The number of aromatic nitrogens is 2. The van der Waals surface area contributed by atoms with Crippen molar-refractivity contribution in [1.82, 2.24) is 9.97 Å². The first-order valence-corrected chi connectivity index (χ1v) is 7.48. The van der Waals surface area contributed by atoms with Gasteiger partial charge in [0.05, 0.1) is 12.7 Å². The van der Waals surface area contributed by atoms with Crippen molar-refractivity contribution in [2.45, 2.75) is 38.7 Å². The Balaban J connectivity index is 1.92. The molecule has 0 aromatic carbocycles. The second-order valence-corrected chi connectivity index (χ2v) is 5.58. The standard InChI is InChI=1S/C14H22ClN3O/c1-11(2)13-9-14(17-10-16-13)18-6-3-12(4-7-18)19-8-5-15/h9-12H,3-8H2,1-2H3. The number of nitrogens with zero attached hydrogens (tertiary/aromatic N) is 3. The van der Waals surface area contributed by atoms with E-state index in [1.165, 1.54) is 0 Å². The lowest BCUT2D eigenvalue weighted by Crippen LogP contribution is -2.37. The van der Waals surface area contributed by atoms with Crippen LogP contribution in [0.4, 0.5) is 5.82 Å². The maximum absolute atomic E-state index is 5.69. The van der Waals surface area contributed by atoms with Crippen LogP contribution < -0.4 is 4.90 Å².